The van der Waals surface area contributed by atoms with Crippen molar-refractivity contribution in [2.24, 2.45) is 0 Å². The number of benzene rings is 2. The van der Waals surface area contributed by atoms with Gasteiger partial charge in [-0.3, -0.25) is 0 Å². The van der Waals surface area contributed by atoms with Gasteiger partial charge < -0.3 is 10.8 Å². The molecule has 10 heteroatoms. The van der Waals surface area contributed by atoms with Crippen LogP contribution in [0.4, 0.5) is 10.3 Å². The number of nitrogens with two attached hydrogens (primary N) is 1. The molecule has 5 rings (SSSR count). The van der Waals surface area contributed by atoms with E-state index in [9.17, 15) is 14.8 Å². The number of fused-ring (bicyclic) bond motifs is 1. The topological polar surface area (TPSA) is 139 Å². The minimum absolute atomic E-state index is 0.0478. The first-order chi connectivity index (χ1) is 16.6. The number of hydrogen-bond acceptors (Lipinski definition) is 8. The van der Waals surface area contributed by atoms with Gasteiger partial charge in [-0.15, -0.1) is 5.10 Å². The van der Waals surface area contributed by atoms with Crippen LogP contribution in [-0.2, 0) is 13.0 Å². The Balaban J connectivity index is 1.75. The highest BCUT2D eigenvalue weighted by atomic mass is 19.1. The predicted octanol–water partition coefficient (Wildman–Crippen LogP) is 2.92. The molecule has 3 heterocycles. The average Bonchev–Trinajstić information content (AvgIpc) is 3.30. The molecule has 0 aliphatic rings. The fraction of sp³-hybridized carbons (Fsp3) is 0.0833. The molecule has 34 heavy (non-hydrogen) atoms. The first kappa shape index (κ1) is 21.1. The van der Waals surface area contributed by atoms with E-state index in [2.05, 4.69) is 31.1 Å². The quantitative estimate of drug-likeness (QED) is 0.415. The van der Waals surface area contributed by atoms with E-state index in [1.165, 1.54) is 23.0 Å². The van der Waals surface area contributed by atoms with E-state index >= 15 is 0 Å². The number of rotatable bonds is 5. The summed E-state index contributed by atoms with van der Waals surface area (Å²) in [6, 6.07) is 15.3. The summed E-state index contributed by atoms with van der Waals surface area (Å²) in [5.41, 5.74) is 10.0. The Morgan fingerprint density at radius 3 is 2.74 bits per heavy atom. The van der Waals surface area contributed by atoms with E-state index in [0.29, 0.717) is 50.7 Å². The largest absolute Gasteiger partial charge is 0.392 e. The number of nitrogen functional groups attached to an aromatic ring is 1. The normalized spacial score (nSPS) is 11.0. The summed E-state index contributed by atoms with van der Waals surface area (Å²) in [5.74, 6) is -0.0899. The second-order valence-corrected chi connectivity index (χ2v) is 7.46. The first-order valence-electron chi connectivity index (χ1n) is 10.3. The highest BCUT2D eigenvalue weighted by molar-refractivity contribution is 5.89. The second-order valence-electron chi connectivity index (χ2n) is 7.46. The molecule has 0 saturated carbocycles. The Kier molecular flexibility index (Phi) is 5.37. The molecule has 0 spiro atoms. The zero-order chi connectivity index (χ0) is 23.7. The maximum atomic E-state index is 14.5. The molecular formula is C24H17FN8O. The van der Waals surface area contributed by atoms with E-state index in [-0.39, 0.29) is 19.0 Å². The highest BCUT2D eigenvalue weighted by Gasteiger charge is 2.22. The van der Waals surface area contributed by atoms with Crippen LogP contribution in [0.2, 0.25) is 0 Å². The van der Waals surface area contributed by atoms with Gasteiger partial charge in [-0.05, 0) is 29.8 Å². The van der Waals surface area contributed by atoms with E-state index in [1.54, 1.807) is 36.5 Å². The smallest absolute Gasteiger partial charge is 0.223 e. The maximum Gasteiger partial charge on any atom is 0.223 e. The summed E-state index contributed by atoms with van der Waals surface area (Å²) in [4.78, 5) is 17.5. The van der Waals surface area contributed by atoms with Crippen molar-refractivity contribution >= 4 is 11.6 Å². The molecular weight excluding hydrogens is 435 g/mol. The fourth-order valence-corrected chi connectivity index (χ4v) is 3.80. The molecule has 0 aliphatic heterocycles. The lowest BCUT2D eigenvalue weighted by molar-refractivity contribution is 0.280. The molecule has 3 N–H and O–H groups in total. The number of nitrogens with zero attached hydrogens (tertiary/aromatic N) is 7. The molecule has 166 valence electrons. The van der Waals surface area contributed by atoms with Crippen LogP contribution in [0, 0.1) is 17.1 Å². The second kappa shape index (κ2) is 8.65. The number of nitriles is 1. The summed E-state index contributed by atoms with van der Waals surface area (Å²) in [7, 11) is 0. The van der Waals surface area contributed by atoms with Crippen molar-refractivity contribution < 1.29 is 9.50 Å². The van der Waals surface area contributed by atoms with Crippen molar-refractivity contribution in [2.45, 2.75) is 13.0 Å². The molecule has 0 aliphatic carbocycles. The summed E-state index contributed by atoms with van der Waals surface area (Å²) in [6.45, 7) is -0.310. The molecule has 3 aromatic heterocycles. The van der Waals surface area contributed by atoms with Crippen LogP contribution in [0.15, 0.2) is 61.1 Å². The fourth-order valence-electron chi connectivity index (χ4n) is 3.80. The van der Waals surface area contributed by atoms with Gasteiger partial charge in [-0.1, -0.05) is 24.3 Å². The maximum absolute atomic E-state index is 14.5. The Morgan fingerprint density at radius 2 is 1.97 bits per heavy atom. The lowest BCUT2D eigenvalue weighted by Crippen LogP contribution is -2.06. The van der Waals surface area contributed by atoms with Gasteiger partial charge in [0.2, 0.25) is 5.95 Å². The Morgan fingerprint density at radius 1 is 1.12 bits per heavy atom. The third kappa shape index (κ3) is 3.70. The van der Waals surface area contributed by atoms with Crippen LogP contribution >= 0.6 is 0 Å². The molecule has 0 radical (unpaired) electrons. The van der Waals surface area contributed by atoms with E-state index in [0.717, 1.165) is 0 Å². The first-order valence-corrected chi connectivity index (χ1v) is 10.3. The number of halogens is 1. The van der Waals surface area contributed by atoms with Crippen molar-refractivity contribution in [3.05, 3.63) is 89.4 Å². The van der Waals surface area contributed by atoms with Gasteiger partial charge in [-0.25, -0.2) is 24.3 Å². The molecule has 0 unspecified atom stereocenters. The van der Waals surface area contributed by atoms with Crippen LogP contribution in [-0.4, -0.2) is 34.7 Å². The standard InChI is InChI=1S/C24H17FN8O/c25-18-6-2-5-16(12-34)17(18)10-20-30-23-21(19-7-8-28-13-29-19)22(31-24(27)33(23)32-20)15-4-1-3-14(9-15)11-26/h1-9,13,34H,10,12H2,(H2,27,31). The van der Waals surface area contributed by atoms with Gasteiger partial charge in [0, 0.05) is 23.7 Å². The number of hydrogen-bond donors (Lipinski definition) is 2. The molecule has 0 amide bonds. The third-order valence-electron chi connectivity index (χ3n) is 5.38. The van der Waals surface area contributed by atoms with Crippen LogP contribution < -0.4 is 5.73 Å². The van der Waals surface area contributed by atoms with Crippen molar-refractivity contribution in [2.75, 3.05) is 5.73 Å². The zero-order valence-corrected chi connectivity index (χ0v) is 17.7. The number of aliphatic hydroxyl groups excluding tert-OH is 1. The van der Waals surface area contributed by atoms with Crippen molar-refractivity contribution in [1.29, 1.82) is 5.26 Å². The van der Waals surface area contributed by atoms with Crippen molar-refractivity contribution in [3.63, 3.8) is 0 Å². The van der Waals surface area contributed by atoms with Crippen molar-refractivity contribution in [1.82, 2.24) is 29.5 Å². The number of aliphatic hydroxyl groups is 1. The van der Waals surface area contributed by atoms with E-state index < -0.39 is 5.82 Å². The summed E-state index contributed by atoms with van der Waals surface area (Å²) < 4.78 is 15.9. The van der Waals surface area contributed by atoms with E-state index in [4.69, 9.17) is 5.73 Å². The van der Waals surface area contributed by atoms with Crippen LogP contribution in [0.5, 0.6) is 0 Å². The zero-order valence-electron chi connectivity index (χ0n) is 17.7. The molecule has 9 nitrogen and oxygen atoms in total. The highest BCUT2D eigenvalue weighted by Crippen LogP contribution is 2.34. The summed E-state index contributed by atoms with van der Waals surface area (Å²) in [6.07, 6.45) is 3.04. The average molecular weight is 452 g/mol. The number of anilines is 1. The third-order valence-corrected chi connectivity index (χ3v) is 5.38. The van der Waals surface area contributed by atoms with Gasteiger partial charge in [0.1, 0.15) is 12.1 Å². The van der Waals surface area contributed by atoms with Gasteiger partial charge in [0.25, 0.3) is 0 Å². The molecule has 0 saturated heterocycles. The van der Waals surface area contributed by atoms with Crippen LogP contribution in [0.1, 0.15) is 22.5 Å². The summed E-state index contributed by atoms with van der Waals surface area (Å²) in [5, 5.41) is 23.4. The predicted molar refractivity (Wildman–Crippen MR) is 122 cm³/mol. The summed E-state index contributed by atoms with van der Waals surface area (Å²) >= 11 is 0. The Labute approximate surface area is 193 Å². The Bertz CT molecular complexity index is 1560. The van der Waals surface area contributed by atoms with Gasteiger partial charge in [0.05, 0.1) is 35.2 Å². The van der Waals surface area contributed by atoms with Crippen LogP contribution in [0.3, 0.4) is 0 Å². The van der Waals surface area contributed by atoms with Gasteiger partial charge in [-0.2, -0.15) is 9.78 Å². The van der Waals surface area contributed by atoms with Crippen molar-refractivity contribution in [3.8, 4) is 28.6 Å². The monoisotopic (exact) mass is 452 g/mol. The molecule has 5 aromatic rings. The number of aromatic nitrogens is 6. The lowest BCUT2D eigenvalue weighted by atomic mass is 10.0. The minimum Gasteiger partial charge on any atom is -0.392 e. The molecule has 0 bridgehead atoms. The molecule has 2 aromatic carbocycles. The van der Waals surface area contributed by atoms with Gasteiger partial charge in [0.15, 0.2) is 11.5 Å². The Hall–Kier alpha value is -4.75. The lowest BCUT2D eigenvalue weighted by Gasteiger charge is -2.11. The van der Waals surface area contributed by atoms with E-state index in [1.807, 2.05) is 6.07 Å². The minimum atomic E-state index is -0.457. The molecule has 0 fully saturated rings. The van der Waals surface area contributed by atoms with Gasteiger partial charge >= 0.3 is 0 Å². The SMILES string of the molecule is N#Cc1cccc(-c2nc(N)n3nc(Cc4c(F)cccc4CO)nc3c2-c2ccncn2)c1. The van der Waals surface area contributed by atoms with Crippen LogP contribution in [0.25, 0.3) is 28.2 Å². The molecule has 0 atom stereocenters.